The van der Waals surface area contributed by atoms with Gasteiger partial charge in [0.25, 0.3) is 0 Å². The zero-order valence-corrected chi connectivity index (χ0v) is 12.6. The predicted octanol–water partition coefficient (Wildman–Crippen LogP) is 1.49. The Morgan fingerprint density at radius 3 is 2.76 bits per heavy atom. The fourth-order valence-electron chi connectivity index (χ4n) is 2.39. The van der Waals surface area contributed by atoms with Crippen LogP contribution in [0.5, 0.6) is 0 Å². The summed E-state index contributed by atoms with van der Waals surface area (Å²) >= 11 is 6.01. The number of hydrogen-bond acceptors (Lipinski definition) is 4. The molecule has 21 heavy (non-hydrogen) atoms. The van der Waals surface area contributed by atoms with Crippen molar-refractivity contribution in [2.45, 2.75) is 6.42 Å². The topological polar surface area (TPSA) is 59.4 Å². The number of anilines is 1. The molecule has 0 aromatic heterocycles. The summed E-state index contributed by atoms with van der Waals surface area (Å²) in [5.41, 5.74) is 1.15. The second-order valence-corrected chi connectivity index (χ2v) is 5.43. The van der Waals surface area contributed by atoms with E-state index in [2.05, 4.69) is 21.2 Å². The minimum Gasteiger partial charge on any atom is -0.369 e. The Morgan fingerprint density at radius 1 is 1.33 bits per heavy atom. The molecule has 6 heteroatoms. The molecule has 1 saturated heterocycles. The summed E-state index contributed by atoms with van der Waals surface area (Å²) in [4.78, 5) is 16.0. The van der Waals surface area contributed by atoms with E-state index in [4.69, 9.17) is 16.9 Å². The van der Waals surface area contributed by atoms with Crippen molar-refractivity contribution >= 4 is 23.2 Å². The summed E-state index contributed by atoms with van der Waals surface area (Å²) < 4.78 is 0. The van der Waals surface area contributed by atoms with Crippen LogP contribution >= 0.6 is 11.6 Å². The first-order chi connectivity index (χ1) is 10.2. The van der Waals surface area contributed by atoms with E-state index in [1.54, 1.807) is 0 Å². The molecule has 0 saturated carbocycles. The lowest BCUT2D eigenvalue weighted by Crippen LogP contribution is -2.47. The molecular formula is C15H19ClN4O. The average Bonchev–Trinajstić information content (AvgIpc) is 2.51. The Balaban J connectivity index is 1.73. The SMILES string of the molecule is N#CCNC(=O)CCN1CCN(c2cccc(Cl)c2)CC1. The lowest BCUT2D eigenvalue weighted by molar-refractivity contribution is -0.121. The van der Waals surface area contributed by atoms with Gasteiger partial charge < -0.3 is 10.2 Å². The highest BCUT2D eigenvalue weighted by atomic mass is 35.5. The van der Waals surface area contributed by atoms with Gasteiger partial charge in [0.15, 0.2) is 0 Å². The molecule has 0 radical (unpaired) electrons. The maximum absolute atomic E-state index is 11.5. The molecule has 1 heterocycles. The number of hydrogen-bond donors (Lipinski definition) is 1. The van der Waals surface area contributed by atoms with E-state index < -0.39 is 0 Å². The van der Waals surface area contributed by atoms with Crippen LogP contribution in [0.15, 0.2) is 24.3 Å². The molecule has 0 atom stereocenters. The van der Waals surface area contributed by atoms with Crippen LogP contribution in [-0.4, -0.2) is 50.1 Å². The average molecular weight is 307 g/mol. The van der Waals surface area contributed by atoms with Crippen LogP contribution in [0.4, 0.5) is 5.69 Å². The minimum absolute atomic E-state index is 0.0613. The van der Waals surface area contributed by atoms with Gasteiger partial charge in [-0.05, 0) is 18.2 Å². The molecule has 0 aliphatic carbocycles. The smallest absolute Gasteiger partial charge is 0.222 e. The second-order valence-electron chi connectivity index (χ2n) is 4.99. The highest BCUT2D eigenvalue weighted by molar-refractivity contribution is 6.30. The number of amides is 1. The fourth-order valence-corrected chi connectivity index (χ4v) is 2.57. The van der Waals surface area contributed by atoms with Gasteiger partial charge in [0.1, 0.15) is 6.54 Å². The number of benzene rings is 1. The molecule has 1 amide bonds. The number of piperazine rings is 1. The largest absolute Gasteiger partial charge is 0.369 e. The first kappa shape index (κ1) is 15.6. The molecule has 1 aliphatic heterocycles. The van der Waals surface area contributed by atoms with Crippen molar-refractivity contribution < 1.29 is 4.79 Å². The third-order valence-electron chi connectivity index (χ3n) is 3.57. The monoisotopic (exact) mass is 306 g/mol. The number of nitriles is 1. The van der Waals surface area contributed by atoms with E-state index in [1.807, 2.05) is 24.3 Å². The van der Waals surface area contributed by atoms with Gasteiger partial charge in [0.2, 0.25) is 5.91 Å². The van der Waals surface area contributed by atoms with E-state index in [0.29, 0.717) is 6.42 Å². The summed E-state index contributed by atoms with van der Waals surface area (Å²) in [6, 6.07) is 9.79. The molecule has 0 bridgehead atoms. The van der Waals surface area contributed by atoms with Crippen molar-refractivity contribution in [1.82, 2.24) is 10.2 Å². The van der Waals surface area contributed by atoms with Crippen molar-refractivity contribution in [3.8, 4) is 6.07 Å². The van der Waals surface area contributed by atoms with Gasteiger partial charge in [-0.3, -0.25) is 9.69 Å². The van der Waals surface area contributed by atoms with Crippen LogP contribution in [0, 0.1) is 11.3 Å². The number of carbonyl (C=O) groups excluding carboxylic acids is 1. The maximum atomic E-state index is 11.5. The lowest BCUT2D eigenvalue weighted by Gasteiger charge is -2.36. The molecule has 0 unspecified atom stereocenters. The van der Waals surface area contributed by atoms with Gasteiger partial charge in [-0.1, -0.05) is 17.7 Å². The van der Waals surface area contributed by atoms with Crippen LogP contribution in [0.25, 0.3) is 0 Å². The van der Waals surface area contributed by atoms with Crippen molar-refractivity contribution in [2.75, 3.05) is 44.2 Å². The zero-order valence-electron chi connectivity index (χ0n) is 11.9. The van der Waals surface area contributed by atoms with Gasteiger partial charge in [0.05, 0.1) is 6.07 Å². The second kappa shape index (κ2) is 7.87. The summed E-state index contributed by atoms with van der Waals surface area (Å²) in [6.45, 7) is 4.54. The van der Waals surface area contributed by atoms with Crippen molar-refractivity contribution in [3.63, 3.8) is 0 Å². The van der Waals surface area contributed by atoms with Crippen LogP contribution < -0.4 is 10.2 Å². The number of nitrogens with one attached hydrogen (secondary N) is 1. The molecule has 1 fully saturated rings. The number of nitrogens with zero attached hydrogens (tertiary/aromatic N) is 3. The molecule has 2 rings (SSSR count). The molecule has 112 valence electrons. The molecular weight excluding hydrogens is 288 g/mol. The van der Waals surface area contributed by atoms with Gasteiger partial charge >= 0.3 is 0 Å². The maximum Gasteiger partial charge on any atom is 0.222 e. The van der Waals surface area contributed by atoms with Gasteiger partial charge in [-0.2, -0.15) is 5.26 Å². The zero-order chi connectivity index (χ0) is 15.1. The number of halogens is 1. The van der Waals surface area contributed by atoms with Gasteiger partial charge in [0, 0.05) is 49.9 Å². The quantitative estimate of drug-likeness (QED) is 0.837. The van der Waals surface area contributed by atoms with E-state index >= 15 is 0 Å². The highest BCUT2D eigenvalue weighted by Crippen LogP contribution is 2.20. The Hall–Kier alpha value is -1.77. The van der Waals surface area contributed by atoms with E-state index in [1.165, 1.54) is 0 Å². The van der Waals surface area contributed by atoms with Crippen LogP contribution in [0.2, 0.25) is 5.02 Å². The molecule has 1 N–H and O–H groups in total. The number of rotatable bonds is 5. The Bertz CT molecular complexity index is 521. The molecule has 1 aliphatic rings. The molecule has 1 aromatic carbocycles. The first-order valence-electron chi connectivity index (χ1n) is 7.05. The normalized spacial score (nSPS) is 15.5. The third kappa shape index (κ3) is 4.92. The summed E-state index contributed by atoms with van der Waals surface area (Å²) in [7, 11) is 0. The summed E-state index contributed by atoms with van der Waals surface area (Å²) in [5, 5.41) is 11.7. The van der Waals surface area contributed by atoms with Crippen molar-refractivity contribution in [3.05, 3.63) is 29.3 Å². The van der Waals surface area contributed by atoms with Crippen molar-refractivity contribution in [1.29, 1.82) is 5.26 Å². The predicted molar refractivity (Wildman–Crippen MR) is 83.3 cm³/mol. The lowest BCUT2D eigenvalue weighted by atomic mass is 10.2. The van der Waals surface area contributed by atoms with E-state index in [9.17, 15) is 4.79 Å². The first-order valence-corrected chi connectivity index (χ1v) is 7.43. The Labute approximate surface area is 130 Å². The molecule has 5 nitrogen and oxygen atoms in total. The summed E-state index contributed by atoms with van der Waals surface area (Å²) in [5.74, 6) is -0.0613. The van der Waals surface area contributed by atoms with E-state index in [0.717, 1.165) is 43.4 Å². The van der Waals surface area contributed by atoms with Gasteiger partial charge in [-0.25, -0.2) is 0 Å². The fraction of sp³-hybridized carbons (Fsp3) is 0.467. The minimum atomic E-state index is -0.0613. The number of carbonyl (C=O) groups is 1. The molecule has 1 aromatic rings. The van der Waals surface area contributed by atoms with Crippen molar-refractivity contribution in [2.24, 2.45) is 0 Å². The van der Waals surface area contributed by atoms with Crippen LogP contribution in [0.1, 0.15) is 6.42 Å². The van der Waals surface area contributed by atoms with Crippen LogP contribution in [-0.2, 0) is 4.79 Å². The summed E-state index contributed by atoms with van der Waals surface area (Å²) in [6.07, 6.45) is 0.443. The third-order valence-corrected chi connectivity index (χ3v) is 3.80. The Kier molecular flexibility index (Phi) is 5.85. The van der Waals surface area contributed by atoms with Gasteiger partial charge in [-0.15, -0.1) is 0 Å². The molecule has 0 spiro atoms. The Morgan fingerprint density at radius 2 is 2.10 bits per heavy atom. The highest BCUT2D eigenvalue weighted by Gasteiger charge is 2.17. The van der Waals surface area contributed by atoms with E-state index in [-0.39, 0.29) is 12.5 Å². The van der Waals surface area contributed by atoms with Crippen LogP contribution in [0.3, 0.4) is 0 Å². The standard InChI is InChI=1S/C15H19ClN4O/c16-13-2-1-3-14(12-13)20-10-8-19(9-11-20)7-4-15(21)18-6-5-17/h1-3,12H,4,6-11H2,(H,18,21).